The van der Waals surface area contributed by atoms with E-state index < -0.39 is 0 Å². The first-order chi connectivity index (χ1) is 16.5. The average Bonchev–Trinajstić information content (AvgIpc) is 3.29. The highest BCUT2D eigenvalue weighted by Crippen LogP contribution is 2.36. The molecule has 2 saturated heterocycles. The molecule has 5 rings (SSSR count). The molecule has 0 unspecified atom stereocenters. The fourth-order valence-electron chi connectivity index (χ4n) is 5.26. The minimum Gasteiger partial charge on any atom is -0.382 e. The number of aromatic nitrogens is 1. The van der Waals surface area contributed by atoms with Crippen molar-refractivity contribution in [2.45, 2.75) is 51.4 Å². The number of nitrogens with one attached hydrogen (secondary N) is 2. The first kappa shape index (κ1) is 23.3. The van der Waals surface area contributed by atoms with Crippen LogP contribution in [0.15, 0.2) is 54.7 Å². The molecule has 0 saturated carbocycles. The molecule has 7 heteroatoms. The fourth-order valence-corrected chi connectivity index (χ4v) is 6.33. The Hall–Kier alpha value is -2.48. The van der Waals surface area contributed by atoms with Crippen molar-refractivity contribution in [1.29, 1.82) is 0 Å². The molecule has 2 fully saturated rings. The molecule has 180 valence electrons. The third-order valence-corrected chi connectivity index (χ3v) is 7.84. The Morgan fingerprint density at radius 3 is 2.50 bits per heavy atom. The maximum atomic E-state index is 13.2. The maximum Gasteiger partial charge on any atom is 0.137 e. The van der Waals surface area contributed by atoms with Gasteiger partial charge in [-0.1, -0.05) is 0 Å². The number of nitrogens with zero attached hydrogens (tertiary/aromatic N) is 3. The molecule has 34 heavy (non-hydrogen) atoms. The summed E-state index contributed by atoms with van der Waals surface area (Å²) in [6.07, 6.45) is 3.96. The predicted molar refractivity (Wildman–Crippen MR) is 140 cm³/mol. The Kier molecular flexibility index (Phi) is 7.13. The quantitative estimate of drug-likeness (QED) is 0.508. The second kappa shape index (κ2) is 10.4. The Labute approximate surface area is 206 Å². The van der Waals surface area contributed by atoms with Crippen LogP contribution < -0.4 is 15.5 Å². The summed E-state index contributed by atoms with van der Waals surface area (Å²) in [5.41, 5.74) is 2.21. The van der Waals surface area contributed by atoms with Gasteiger partial charge < -0.3 is 15.5 Å². The normalized spacial score (nSPS) is 22.1. The summed E-state index contributed by atoms with van der Waals surface area (Å²) in [6, 6.07) is 16.9. The van der Waals surface area contributed by atoms with E-state index in [9.17, 15) is 4.39 Å². The van der Waals surface area contributed by atoms with Crippen LogP contribution in [-0.4, -0.2) is 54.2 Å². The second-order valence-corrected chi connectivity index (χ2v) is 10.9. The smallest absolute Gasteiger partial charge is 0.137 e. The molecular weight excluding hydrogens is 445 g/mol. The van der Waals surface area contributed by atoms with Crippen LogP contribution in [0.4, 0.5) is 15.9 Å². The number of rotatable bonds is 6. The van der Waals surface area contributed by atoms with Gasteiger partial charge in [-0.15, -0.1) is 11.3 Å². The van der Waals surface area contributed by atoms with Crippen LogP contribution >= 0.6 is 11.3 Å². The molecule has 3 aromatic rings. The van der Waals surface area contributed by atoms with Gasteiger partial charge in [0.05, 0.1) is 0 Å². The molecule has 2 aliphatic rings. The summed E-state index contributed by atoms with van der Waals surface area (Å²) in [5, 5.41) is 7.17. The molecule has 0 bridgehead atoms. The SMILES string of the molecule is C[C@@H]1CN(Cc2ccc(-c3cccnc3N3CCC(Nc4ccc(F)cc4)CC3)s2)C[C@H](C)N1. The summed E-state index contributed by atoms with van der Waals surface area (Å²) < 4.78 is 13.2. The molecule has 0 spiro atoms. The highest BCUT2D eigenvalue weighted by molar-refractivity contribution is 7.15. The van der Waals surface area contributed by atoms with Crippen LogP contribution in [0.3, 0.4) is 0 Å². The van der Waals surface area contributed by atoms with Gasteiger partial charge in [0.15, 0.2) is 0 Å². The average molecular weight is 480 g/mol. The van der Waals surface area contributed by atoms with Crippen LogP contribution in [0, 0.1) is 5.82 Å². The van der Waals surface area contributed by atoms with Gasteiger partial charge in [-0.3, -0.25) is 4.90 Å². The molecule has 4 heterocycles. The largest absolute Gasteiger partial charge is 0.382 e. The van der Waals surface area contributed by atoms with E-state index in [2.05, 4.69) is 52.5 Å². The standard InChI is InChI=1S/C27H34FN5S/c1-19-16-32(17-20(2)30-19)18-24-9-10-26(34-24)25-4-3-13-29-27(25)33-14-11-23(12-15-33)31-22-7-5-21(28)6-8-22/h3-10,13,19-20,23,30-31H,11-12,14-18H2,1-2H3/t19-,20+. The minimum atomic E-state index is -0.197. The maximum absolute atomic E-state index is 13.2. The highest BCUT2D eigenvalue weighted by Gasteiger charge is 2.24. The third kappa shape index (κ3) is 5.59. The molecule has 2 atom stereocenters. The minimum absolute atomic E-state index is 0.197. The van der Waals surface area contributed by atoms with Crippen molar-refractivity contribution in [3.63, 3.8) is 0 Å². The van der Waals surface area contributed by atoms with Crippen molar-refractivity contribution < 1.29 is 4.39 Å². The Morgan fingerprint density at radius 2 is 1.76 bits per heavy atom. The zero-order valence-electron chi connectivity index (χ0n) is 20.0. The monoisotopic (exact) mass is 479 g/mol. The van der Waals surface area contributed by atoms with Gasteiger partial charge in [0, 0.05) is 78.1 Å². The van der Waals surface area contributed by atoms with Gasteiger partial charge in [0.25, 0.3) is 0 Å². The van der Waals surface area contributed by atoms with Crippen molar-refractivity contribution >= 4 is 22.8 Å². The van der Waals surface area contributed by atoms with E-state index in [1.807, 2.05) is 35.7 Å². The first-order valence-electron chi connectivity index (χ1n) is 12.3. The lowest BCUT2D eigenvalue weighted by Gasteiger charge is -2.35. The number of thiophene rings is 1. The molecule has 1 aromatic carbocycles. The number of piperazine rings is 1. The lowest BCUT2D eigenvalue weighted by molar-refractivity contribution is 0.168. The fraction of sp³-hybridized carbons (Fsp3) is 0.444. The van der Waals surface area contributed by atoms with E-state index in [4.69, 9.17) is 4.98 Å². The number of piperidine rings is 1. The van der Waals surface area contributed by atoms with Crippen LogP contribution in [0.2, 0.25) is 0 Å². The summed E-state index contributed by atoms with van der Waals surface area (Å²) in [5.74, 6) is 0.886. The molecule has 5 nitrogen and oxygen atoms in total. The second-order valence-electron chi connectivity index (χ2n) is 9.72. The summed E-state index contributed by atoms with van der Waals surface area (Å²) in [4.78, 5) is 12.5. The summed E-state index contributed by atoms with van der Waals surface area (Å²) >= 11 is 1.89. The number of hydrogen-bond donors (Lipinski definition) is 2. The van der Waals surface area contributed by atoms with Crippen molar-refractivity contribution in [1.82, 2.24) is 15.2 Å². The van der Waals surface area contributed by atoms with Crippen molar-refractivity contribution in [3.05, 3.63) is 65.4 Å². The molecule has 2 aliphatic heterocycles. The van der Waals surface area contributed by atoms with Crippen molar-refractivity contribution in [2.24, 2.45) is 0 Å². The van der Waals surface area contributed by atoms with Gasteiger partial charge in [0.2, 0.25) is 0 Å². The van der Waals surface area contributed by atoms with Crippen LogP contribution in [0.25, 0.3) is 10.4 Å². The van der Waals surface area contributed by atoms with Crippen LogP contribution in [0.1, 0.15) is 31.6 Å². The molecule has 0 aliphatic carbocycles. The van der Waals surface area contributed by atoms with E-state index in [-0.39, 0.29) is 5.82 Å². The van der Waals surface area contributed by atoms with Crippen LogP contribution in [0.5, 0.6) is 0 Å². The summed E-state index contributed by atoms with van der Waals surface area (Å²) in [7, 11) is 0. The van der Waals surface area contributed by atoms with Gasteiger partial charge in [-0.2, -0.15) is 0 Å². The molecular formula is C27H34FN5S. The van der Waals surface area contributed by atoms with Gasteiger partial charge >= 0.3 is 0 Å². The molecule has 0 amide bonds. The predicted octanol–water partition coefficient (Wildman–Crippen LogP) is 5.21. The number of hydrogen-bond acceptors (Lipinski definition) is 6. The van der Waals surface area contributed by atoms with Crippen molar-refractivity contribution in [3.8, 4) is 10.4 Å². The van der Waals surface area contributed by atoms with Gasteiger partial charge in [-0.05, 0) is 75.2 Å². The number of anilines is 2. The lowest BCUT2D eigenvalue weighted by Crippen LogP contribution is -2.53. The van der Waals surface area contributed by atoms with Gasteiger partial charge in [0.1, 0.15) is 11.6 Å². The first-order valence-corrected chi connectivity index (χ1v) is 13.1. The highest BCUT2D eigenvalue weighted by atomic mass is 32.1. The van der Waals surface area contributed by atoms with Crippen LogP contribution in [-0.2, 0) is 6.54 Å². The zero-order chi connectivity index (χ0) is 23.5. The number of benzene rings is 1. The van der Waals surface area contributed by atoms with E-state index in [1.165, 1.54) is 27.5 Å². The zero-order valence-corrected chi connectivity index (χ0v) is 20.8. The van der Waals surface area contributed by atoms with Crippen molar-refractivity contribution in [2.75, 3.05) is 36.4 Å². The number of pyridine rings is 1. The third-order valence-electron chi connectivity index (χ3n) is 6.74. The number of halogens is 1. The lowest BCUT2D eigenvalue weighted by atomic mass is 10.0. The van der Waals surface area contributed by atoms with E-state index in [0.29, 0.717) is 18.1 Å². The molecule has 0 radical (unpaired) electrons. The van der Waals surface area contributed by atoms with E-state index in [0.717, 1.165) is 57.1 Å². The Morgan fingerprint density at radius 1 is 1.03 bits per heavy atom. The van der Waals surface area contributed by atoms with E-state index in [1.54, 1.807) is 0 Å². The topological polar surface area (TPSA) is 43.4 Å². The Balaban J connectivity index is 1.23. The van der Waals surface area contributed by atoms with Gasteiger partial charge in [-0.25, -0.2) is 9.37 Å². The summed E-state index contributed by atoms with van der Waals surface area (Å²) in [6.45, 7) is 9.64. The molecule has 2 N–H and O–H groups in total. The molecule has 2 aromatic heterocycles. The van der Waals surface area contributed by atoms with E-state index >= 15 is 0 Å². The Bertz CT molecular complexity index is 1070.